The number of nitrogens with zero attached hydrogens (tertiary/aromatic N) is 1. The normalized spacial score (nSPS) is 23.1. The van der Waals surface area contributed by atoms with E-state index in [9.17, 15) is 19.2 Å². The first-order chi connectivity index (χ1) is 9.99. The third-order valence-corrected chi connectivity index (χ3v) is 4.11. The molecule has 1 aliphatic carbocycles. The van der Waals surface area contributed by atoms with Gasteiger partial charge in [-0.25, -0.2) is 0 Å². The molecule has 4 amide bonds. The van der Waals surface area contributed by atoms with E-state index in [0.29, 0.717) is 0 Å². The van der Waals surface area contributed by atoms with Crippen molar-refractivity contribution < 1.29 is 19.2 Å². The van der Waals surface area contributed by atoms with Gasteiger partial charge < -0.3 is 10.2 Å². The van der Waals surface area contributed by atoms with E-state index in [0.717, 1.165) is 25.7 Å². The Bertz CT molecular complexity index is 457. The molecule has 0 aromatic rings. The summed E-state index contributed by atoms with van der Waals surface area (Å²) in [5.74, 6) is -1.16. The highest BCUT2D eigenvalue weighted by Gasteiger charge is 2.33. The van der Waals surface area contributed by atoms with Gasteiger partial charge in [0, 0.05) is 18.9 Å². The molecular formula is C14H21N3O4. The van der Waals surface area contributed by atoms with Crippen LogP contribution in [-0.2, 0) is 19.2 Å². The molecule has 21 heavy (non-hydrogen) atoms. The fraction of sp³-hybridized carbons (Fsp3) is 0.714. The van der Waals surface area contributed by atoms with Crippen molar-refractivity contribution >= 4 is 23.6 Å². The Morgan fingerprint density at radius 3 is 2.62 bits per heavy atom. The average molecular weight is 295 g/mol. The van der Waals surface area contributed by atoms with Crippen molar-refractivity contribution in [3.05, 3.63) is 0 Å². The van der Waals surface area contributed by atoms with Gasteiger partial charge in [0.05, 0.1) is 0 Å². The van der Waals surface area contributed by atoms with Crippen LogP contribution in [0.3, 0.4) is 0 Å². The summed E-state index contributed by atoms with van der Waals surface area (Å²) in [6, 6.07) is -0.652. The van der Waals surface area contributed by atoms with E-state index in [1.54, 1.807) is 6.92 Å². The number of imide groups is 1. The summed E-state index contributed by atoms with van der Waals surface area (Å²) in [5.41, 5.74) is 0. The van der Waals surface area contributed by atoms with Gasteiger partial charge in [-0.05, 0) is 19.8 Å². The van der Waals surface area contributed by atoms with Crippen LogP contribution in [0.2, 0.25) is 0 Å². The fourth-order valence-electron chi connectivity index (χ4n) is 2.79. The minimum Gasteiger partial charge on any atom is -0.355 e. The van der Waals surface area contributed by atoms with Gasteiger partial charge in [0.25, 0.3) is 0 Å². The minimum atomic E-state index is -0.652. The maximum absolute atomic E-state index is 12.0. The first kappa shape index (κ1) is 15.5. The van der Waals surface area contributed by atoms with Crippen LogP contribution >= 0.6 is 0 Å². The molecule has 7 heteroatoms. The van der Waals surface area contributed by atoms with Crippen molar-refractivity contribution in [2.24, 2.45) is 5.92 Å². The third kappa shape index (κ3) is 3.80. The third-order valence-electron chi connectivity index (χ3n) is 4.11. The molecule has 2 fully saturated rings. The second-order valence-electron chi connectivity index (χ2n) is 5.63. The highest BCUT2D eigenvalue weighted by atomic mass is 16.2. The highest BCUT2D eigenvalue weighted by Crippen LogP contribution is 2.24. The van der Waals surface area contributed by atoms with Crippen LogP contribution in [0.1, 0.15) is 39.0 Å². The van der Waals surface area contributed by atoms with Gasteiger partial charge in [-0.3, -0.25) is 24.5 Å². The van der Waals surface area contributed by atoms with Crippen LogP contribution in [0.25, 0.3) is 0 Å². The summed E-state index contributed by atoms with van der Waals surface area (Å²) in [4.78, 5) is 47.9. The minimum absolute atomic E-state index is 0.000752. The van der Waals surface area contributed by atoms with Gasteiger partial charge in [0.2, 0.25) is 23.6 Å². The molecule has 1 saturated heterocycles. The Balaban J connectivity index is 1.77. The van der Waals surface area contributed by atoms with E-state index in [-0.39, 0.29) is 37.2 Å². The molecule has 116 valence electrons. The number of rotatable bonds is 4. The lowest BCUT2D eigenvalue weighted by atomic mass is 10.1. The second kappa shape index (κ2) is 6.69. The SMILES string of the molecule is CC1C(=O)NC(=O)CN1C(=O)CCNC(=O)C1CCCC1. The predicted octanol–water partition coefficient (Wildman–Crippen LogP) is -0.444. The predicted molar refractivity (Wildman–Crippen MR) is 73.9 cm³/mol. The highest BCUT2D eigenvalue weighted by molar-refractivity contribution is 6.04. The topological polar surface area (TPSA) is 95.6 Å². The average Bonchev–Trinajstić information content (AvgIpc) is 2.96. The van der Waals surface area contributed by atoms with Crippen LogP contribution in [0.4, 0.5) is 0 Å². The Labute approximate surface area is 123 Å². The van der Waals surface area contributed by atoms with Gasteiger partial charge in [-0.1, -0.05) is 12.8 Å². The lowest BCUT2D eigenvalue weighted by Gasteiger charge is -2.31. The maximum Gasteiger partial charge on any atom is 0.249 e. The van der Waals surface area contributed by atoms with E-state index >= 15 is 0 Å². The lowest BCUT2D eigenvalue weighted by molar-refractivity contribution is -0.149. The Kier molecular flexibility index (Phi) is 4.93. The van der Waals surface area contributed by atoms with E-state index in [1.165, 1.54) is 4.90 Å². The molecule has 1 heterocycles. The van der Waals surface area contributed by atoms with E-state index in [4.69, 9.17) is 0 Å². The molecule has 1 atom stereocenters. The zero-order valence-corrected chi connectivity index (χ0v) is 12.2. The molecule has 0 spiro atoms. The summed E-state index contributed by atoms with van der Waals surface area (Å²) in [6.07, 6.45) is 4.09. The first-order valence-corrected chi connectivity index (χ1v) is 7.40. The molecule has 0 aromatic carbocycles. The van der Waals surface area contributed by atoms with Gasteiger partial charge >= 0.3 is 0 Å². The van der Waals surface area contributed by atoms with E-state index in [1.807, 2.05) is 0 Å². The molecule has 1 unspecified atom stereocenters. The van der Waals surface area contributed by atoms with Crippen LogP contribution < -0.4 is 10.6 Å². The molecule has 2 aliphatic rings. The maximum atomic E-state index is 12.0. The summed E-state index contributed by atoms with van der Waals surface area (Å²) >= 11 is 0. The smallest absolute Gasteiger partial charge is 0.249 e. The van der Waals surface area contributed by atoms with Gasteiger partial charge in [0.15, 0.2) is 0 Å². The molecule has 0 bridgehead atoms. The Morgan fingerprint density at radius 2 is 1.95 bits per heavy atom. The number of amides is 4. The zero-order chi connectivity index (χ0) is 15.4. The van der Waals surface area contributed by atoms with Gasteiger partial charge in [-0.2, -0.15) is 0 Å². The lowest BCUT2D eigenvalue weighted by Crippen LogP contribution is -2.58. The second-order valence-corrected chi connectivity index (χ2v) is 5.63. The standard InChI is InChI=1S/C14H21N3O4/c1-9-13(20)16-11(18)8-17(9)12(19)6-7-15-14(21)10-4-2-3-5-10/h9-10H,2-8H2,1H3,(H,15,21)(H,16,18,20). The van der Waals surface area contributed by atoms with Gasteiger partial charge in [0.1, 0.15) is 12.6 Å². The number of nitrogens with one attached hydrogen (secondary N) is 2. The van der Waals surface area contributed by atoms with Crippen molar-refractivity contribution in [2.45, 2.75) is 45.1 Å². The monoisotopic (exact) mass is 295 g/mol. The molecule has 7 nitrogen and oxygen atoms in total. The number of hydrogen-bond acceptors (Lipinski definition) is 4. The molecule has 0 radical (unpaired) electrons. The van der Waals surface area contributed by atoms with Crippen molar-refractivity contribution in [1.82, 2.24) is 15.5 Å². The quantitative estimate of drug-likeness (QED) is 0.687. The molecule has 0 aromatic heterocycles. The Morgan fingerprint density at radius 1 is 1.29 bits per heavy atom. The fourth-order valence-corrected chi connectivity index (χ4v) is 2.79. The number of hydrogen-bond donors (Lipinski definition) is 2. The van der Waals surface area contributed by atoms with E-state index in [2.05, 4.69) is 10.6 Å². The Hall–Kier alpha value is -1.92. The van der Waals surface area contributed by atoms with Crippen LogP contribution in [-0.4, -0.2) is 47.7 Å². The van der Waals surface area contributed by atoms with Crippen molar-refractivity contribution in [3.8, 4) is 0 Å². The summed E-state index contributed by atoms with van der Waals surface area (Å²) < 4.78 is 0. The van der Waals surface area contributed by atoms with Crippen molar-refractivity contribution in [2.75, 3.05) is 13.1 Å². The molecule has 1 aliphatic heterocycles. The molecular weight excluding hydrogens is 274 g/mol. The van der Waals surface area contributed by atoms with Crippen molar-refractivity contribution in [1.29, 1.82) is 0 Å². The van der Waals surface area contributed by atoms with Crippen LogP contribution in [0.5, 0.6) is 0 Å². The zero-order valence-electron chi connectivity index (χ0n) is 12.2. The molecule has 2 rings (SSSR count). The first-order valence-electron chi connectivity index (χ1n) is 7.40. The number of carbonyl (C=O) groups excluding carboxylic acids is 4. The van der Waals surface area contributed by atoms with E-state index < -0.39 is 17.9 Å². The molecule has 1 saturated carbocycles. The summed E-state index contributed by atoms with van der Waals surface area (Å²) in [5, 5.41) is 4.94. The number of carbonyl (C=O) groups is 4. The van der Waals surface area contributed by atoms with Gasteiger partial charge in [-0.15, -0.1) is 0 Å². The van der Waals surface area contributed by atoms with Crippen LogP contribution in [0, 0.1) is 5.92 Å². The van der Waals surface area contributed by atoms with Crippen molar-refractivity contribution in [3.63, 3.8) is 0 Å². The largest absolute Gasteiger partial charge is 0.355 e. The summed E-state index contributed by atoms with van der Waals surface area (Å²) in [7, 11) is 0. The van der Waals surface area contributed by atoms with Crippen LogP contribution in [0.15, 0.2) is 0 Å². The number of piperazine rings is 1. The summed E-state index contributed by atoms with van der Waals surface area (Å²) in [6.45, 7) is 1.71. The molecule has 2 N–H and O–H groups in total.